The molecule has 1 rings (SSSR count). The van der Waals surface area contributed by atoms with Crippen molar-refractivity contribution in [3.8, 4) is 5.75 Å². The van der Waals surface area contributed by atoms with Crippen LogP contribution in [0.5, 0.6) is 5.75 Å². The SMILES string of the molecule is CCCNC(C)c1cc(F)ccc1OCC=CCl. The van der Waals surface area contributed by atoms with E-state index in [2.05, 4.69) is 12.2 Å². The van der Waals surface area contributed by atoms with Gasteiger partial charge in [-0.25, -0.2) is 4.39 Å². The van der Waals surface area contributed by atoms with E-state index in [1.54, 1.807) is 12.1 Å². The lowest BCUT2D eigenvalue weighted by Crippen LogP contribution is -2.20. The summed E-state index contributed by atoms with van der Waals surface area (Å²) in [6, 6.07) is 4.61. The highest BCUT2D eigenvalue weighted by Gasteiger charge is 2.12. The van der Waals surface area contributed by atoms with Gasteiger partial charge in [-0.2, -0.15) is 0 Å². The quantitative estimate of drug-likeness (QED) is 0.809. The van der Waals surface area contributed by atoms with Crippen molar-refractivity contribution in [1.82, 2.24) is 5.32 Å². The van der Waals surface area contributed by atoms with Gasteiger partial charge in [0.2, 0.25) is 0 Å². The summed E-state index contributed by atoms with van der Waals surface area (Å²) in [6.45, 7) is 5.35. The average Bonchev–Trinajstić information content (AvgIpc) is 2.38. The van der Waals surface area contributed by atoms with Crippen molar-refractivity contribution in [2.75, 3.05) is 13.2 Å². The fourth-order valence-electron chi connectivity index (χ4n) is 1.63. The van der Waals surface area contributed by atoms with Crippen LogP contribution in [0.4, 0.5) is 4.39 Å². The first-order valence-electron chi connectivity index (χ1n) is 6.09. The number of ether oxygens (including phenoxy) is 1. The van der Waals surface area contributed by atoms with E-state index < -0.39 is 0 Å². The lowest BCUT2D eigenvalue weighted by Gasteiger charge is -2.17. The van der Waals surface area contributed by atoms with E-state index in [1.165, 1.54) is 17.7 Å². The minimum Gasteiger partial charge on any atom is -0.489 e. The highest BCUT2D eigenvalue weighted by molar-refractivity contribution is 6.25. The van der Waals surface area contributed by atoms with Crippen LogP contribution in [0.1, 0.15) is 31.9 Å². The normalized spacial score (nSPS) is 12.9. The third-order valence-electron chi connectivity index (χ3n) is 2.56. The van der Waals surface area contributed by atoms with Crippen LogP contribution in [-0.4, -0.2) is 13.2 Å². The fourth-order valence-corrected chi connectivity index (χ4v) is 1.71. The molecule has 1 unspecified atom stereocenters. The van der Waals surface area contributed by atoms with Crippen LogP contribution in [0, 0.1) is 5.82 Å². The lowest BCUT2D eigenvalue weighted by molar-refractivity contribution is 0.353. The first-order chi connectivity index (χ1) is 8.69. The molecule has 0 aliphatic carbocycles. The zero-order chi connectivity index (χ0) is 13.4. The maximum atomic E-state index is 13.3. The van der Waals surface area contributed by atoms with E-state index in [9.17, 15) is 4.39 Å². The first kappa shape index (κ1) is 15.0. The van der Waals surface area contributed by atoms with E-state index in [1.807, 2.05) is 6.92 Å². The molecular weight excluding hydrogens is 253 g/mol. The Balaban J connectivity index is 2.81. The van der Waals surface area contributed by atoms with Gasteiger partial charge in [0, 0.05) is 17.1 Å². The molecule has 2 nitrogen and oxygen atoms in total. The van der Waals surface area contributed by atoms with Gasteiger partial charge in [-0.1, -0.05) is 18.5 Å². The molecule has 0 radical (unpaired) electrons. The maximum Gasteiger partial charge on any atom is 0.124 e. The molecule has 0 fully saturated rings. The molecule has 0 amide bonds. The fraction of sp³-hybridized carbons (Fsp3) is 0.429. The molecule has 0 aliphatic rings. The Bertz CT molecular complexity index is 395. The summed E-state index contributed by atoms with van der Waals surface area (Å²) in [7, 11) is 0. The van der Waals surface area contributed by atoms with Gasteiger partial charge in [-0.3, -0.25) is 0 Å². The topological polar surface area (TPSA) is 21.3 Å². The predicted molar refractivity (Wildman–Crippen MR) is 73.6 cm³/mol. The second-order valence-electron chi connectivity index (χ2n) is 4.03. The standard InChI is InChI=1S/C14H19ClFNO/c1-3-8-17-11(2)13-10-12(16)5-6-14(13)18-9-4-7-15/h4-7,10-11,17H,3,8-9H2,1-2H3. The number of hydrogen-bond donors (Lipinski definition) is 1. The average molecular weight is 272 g/mol. The van der Waals surface area contributed by atoms with E-state index in [-0.39, 0.29) is 11.9 Å². The van der Waals surface area contributed by atoms with Gasteiger partial charge in [0.05, 0.1) is 0 Å². The van der Waals surface area contributed by atoms with Gasteiger partial charge in [-0.05, 0) is 44.2 Å². The molecule has 0 spiro atoms. The minimum atomic E-state index is -0.254. The molecule has 100 valence electrons. The van der Waals surface area contributed by atoms with Crippen LogP contribution in [-0.2, 0) is 0 Å². The molecule has 1 aromatic rings. The van der Waals surface area contributed by atoms with E-state index in [0.29, 0.717) is 12.4 Å². The molecule has 0 bridgehead atoms. The summed E-state index contributed by atoms with van der Waals surface area (Å²) in [6.07, 6.45) is 2.73. The summed E-state index contributed by atoms with van der Waals surface area (Å²) in [5.41, 5.74) is 2.23. The maximum absolute atomic E-state index is 13.3. The van der Waals surface area contributed by atoms with Crippen molar-refractivity contribution < 1.29 is 9.13 Å². The molecule has 1 atom stereocenters. The van der Waals surface area contributed by atoms with Crippen LogP contribution in [0.25, 0.3) is 0 Å². The third-order valence-corrected chi connectivity index (χ3v) is 2.74. The summed E-state index contributed by atoms with van der Waals surface area (Å²) < 4.78 is 18.9. The number of rotatable bonds is 7. The Hall–Kier alpha value is -1.06. The molecule has 0 aliphatic heterocycles. The lowest BCUT2D eigenvalue weighted by atomic mass is 10.1. The number of halogens is 2. The molecule has 18 heavy (non-hydrogen) atoms. The second kappa shape index (κ2) is 8.11. The van der Waals surface area contributed by atoms with Crippen molar-refractivity contribution in [2.45, 2.75) is 26.3 Å². The summed E-state index contributed by atoms with van der Waals surface area (Å²) in [5.74, 6) is 0.428. The Morgan fingerprint density at radius 2 is 2.28 bits per heavy atom. The van der Waals surface area contributed by atoms with Gasteiger partial charge in [0.15, 0.2) is 0 Å². The Kier molecular flexibility index (Phi) is 6.76. The number of hydrogen-bond acceptors (Lipinski definition) is 2. The molecular formula is C14H19ClFNO. The van der Waals surface area contributed by atoms with Crippen molar-refractivity contribution in [3.63, 3.8) is 0 Å². The van der Waals surface area contributed by atoms with Crippen molar-refractivity contribution in [2.24, 2.45) is 0 Å². The van der Waals surface area contributed by atoms with Gasteiger partial charge in [0.1, 0.15) is 18.2 Å². The smallest absolute Gasteiger partial charge is 0.124 e. The Morgan fingerprint density at radius 3 is 2.94 bits per heavy atom. The van der Waals surface area contributed by atoms with E-state index >= 15 is 0 Å². The monoisotopic (exact) mass is 271 g/mol. The summed E-state index contributed by atoms with van der Waals surface area (Å²) in [4.78, 5) is 0. The summed E-state index contributed by atoms with van der Waals surface area (Å²) in [5, 5.41) is 3.32. The third kappa shape index (κ3) is 4.67. The second-order valence-corrected chi connectivity index (χ2v) is 4.28. The van der Waals surface area contributed by atoms with Crippen molar-refractivity contribution in [3.05, 3.63) is 41.2 Å². The van der Waals surface area contributed by atoms with Crippen molar-refractivity contribution >= 4 is 11.6 Å². The number of benzene rings is 1. The first-order valence-corrected chi connectivity index (χ1v) is 6.53. The Morgan fingerprint density at radius 1 is 1.50 bits per heavy atom. The Labute approximate surface area is 113 Å². The van der Waals surface area contributed by atoms with Crippen LogP contribution in [0.2, 0.25) is 0 Å². The molecule has 1 aromatic carbocycles. The van der Waals surface area contributed by atoms with Crippen LogP contribution in [0.3, 0.4) is 0 Å². The zero-order valence-corrected chi connectivity index (χ0v) is 11.5. The predicted octanol–water partition coefficient (Wildman–Crippen LogP) is 4.02. The van der Waals surface area contributed by atoms with Gasteiger partial charge in [0.25, 0.3) is 0 Å². The van der Waals surface area contributed by atoms with Crippen LogP contribution in [0.15, 0.2) is 29.8 Å². The van der Waals surface area contributed by atoms with Gasteiger partial charge in [-0.15, -0.1) is 0 Å². The largest absolute Gasteiger partial charge is 0.489 e. The van der Waals surface area contributed by atoms with E-state index in [0.717, 1.165) is 18.5 Å². The molecule has 0 saturated heterocycles. The minimum absolute atomic E-state index is 0.0515. The van der Waals surface area contributed by atoms with Crippen LogP contribution >= 0.6 is 11.6 Å². The molecule has 0 aromatic heterocycles. The van der Waals surface area contributed by atoms with Gasteiger partial charge < -0.3 is 10.1 Å². The van der Waals surface area contributed by atoms with Crippen LogP contribution < -0.4 is 10.1 Å². The highest BCUT2D eigenvalue weighted by atomic mass is 35.5. The highest BCUT2D eigenvalue weighted by Crippen LogP contribution is 2.26. The number of nitrogens with one attached hydrogen (secondary N) is 1. The zero-order valence-electron chi connectivity index (χ0n) is 10.7. The van der Waals surface area contributed by atoms with Crippen molar-refractivity contribution in [1.29, 1.82) is 0 Å². The molecule has 0 saturated carbocycles. The molecule has 0 heterocycles. The molecule has 1 N–H and O–H groups in total. The summed E-state index contributed by atoms with van der Waals surface area (Å²) >= 11 is 5.43. The van der Waals surface area contributed by atoms with E-state index in [4.69, 9.17) is 16.3 Å². The van der Waals surface area contributed by atoms with Gasteiger partial charge >= 0.3 is 0 Å². The molecule has 4 heteroatoms.